The van der Waals surface area contributed by atoms with E-state index in [0.717, 1.165) is 19.0 Å². The molecule has 1 saturated heterocycles. The van der Waals surface area contributed by atoms with Gasteiger partial charge < -0.3 is 14.8 Å². The Morgan fingerprint density at radius 1 is 1.33 bits per heavy atom. The van der Waals surface area contributed by atoms with Crippen LogP contribution in [0, 0.1) is 5.92 Å². The van der Waals surface area contributed by atoms with E-state index < -0.39 is 0 Å². The van der Waals surface area contributed by atoms with Crippen LogP contribution in [0.25, 0.3) is 0 Å². The Balaban J connectivity index is 2.04. The van der Waals surface area contributed by atoms with Crippen LogP contribution in [-0.4, -0.2) is 44.1 Å². The Labute approximate surface area is 97.3 Å². The fourth-order valence-corrected chi connectivity index (χ4v) is 2.97. The first-order valence-electron chi connectivity index (χ1n) is 5.88. The third-order valence-corrected chi connectivity index (χ3v) is 3.70. The molecule has 4 heteroatoms. The molecule has 1 aliphatic heterocycles. The van der Waals surface area contributed by atoms with Crippen molar-refractivity contribution in [2.75, 3.05) is 37.8 Å². The van der Waals surface area contributed by atoms with E-state index in [1.165, 1.54) is 17.9 Å². The van der Waals surface area contributed by atoms with Crippen molar-refractivity contribution in [2.45, 2.75) is 26.6 Å². The summed E-state index contributed by atoms with van der Waals surface area (Å²) in [5.74, 6) is 3.48. The smallest absolute Gasteiger partial charge is 0.169 e. The summed E-state index contributed by atoms with van der Waals surface area (Å²) in [7, 11) is 0. The maximum absolute atomic E-state index is 5.46. The van der Waals surface area contributed by atoms with Crippen molar-refractivity contribution in [3.05, 3.63) is 0 Å². The number of ether oxygens (including phenoxy) is 2. The molecule has 0 spiro atoms. The van der Waals surface area contributed by atoms with Gasteiger partial charge in [-0.15, -0.1) is 0 Å². The highest BCUT2D eigenvalue weighted by Crippen LogP contribution is 2.22. The Hall–Kier alpha value is 0.230. The third-order valence-electron chi connectivity index (χ3n) is 2.47. The fraction of sp³-hybridized carbons (Fsp3) is 1.00. The van der Waals surface area contributed by atoms with Crippen molar-refractivity contribution >= 4 is 11.8 Å². The monoisotopic (exact) mass is 233 g/mol. The zero-order chi connectivity index (χ0) is 10.9. The van der Waals surface area contributed by atoms with Gasteiger partial charge in [0.15, 0.2) is 6.29 Å². The van der Waals surface area contributed by atoms with Gasteiger partial charge in [-0.05, 0) is 44.2 Å². The number of hydrogen-bond donors (Lipinski definition) is 1. The molecule has 1 unspecified atom stereocenters. The van der Waals surface area contributed by atoms with Crippen LogP contribution in [0.3, 0.4) is 0 Å². The first-order valence-corrected chi connectivity index (χ1v) is 7.04. The Kier molecular flexibility index (Phi) is 7.44. The molecule has 1 aliphatic rings. The molecule has 1 heterocycles. The van der Waals surface area contributed by atoms with Gasteiger partial charge in [0, 0.05) is 19.8 Å². The molecule has 1 atom stereocenters. The molecule has 3 nitrogen and oxygen atoms in total. The summed E-state index contributed by atoms with van der Waals surface area (Å²) >= 11 is 2.06. The van der Waals surface area contributed by atoms with E-state index in [-0.39, 0.29) is 6.29 Å². The number of rotatable bonds is 8. The second kappa shape index (κ2) is 8.39. The zero-order valence-corrected chi connectivity index (χ0v) is 10.6. The van der Waals surface area contributed by atoms with Crippen LogP contribution in [0.4, 0.5) is 0 Å². The van der Waals surface area contributed by atoms with Gasteiger partial charge in [-0.1, -0.05) is 0 Å². The molecule has 0 aliphatic carbocycles. The summed E-state index contributed by atoms with van der Waals surface area (Å²) in [6.07, 6.45) is 1.28. The molecule has 0 amide bonds. The number of nitrogens with one attached hydrogen (secondary N) is 1. The summed E-state index contributed by atoms with van der Waals surface area (Å²) < 4.78 is 10.9. The number of hydrogen-bond acceptors (Lipinski definition) is 4. The van der Waals surface area contributed by atoms with Gasteiger partial charge in [0.1, 0.15) is 0 Å². The van der Waals surface area contributed by atoms with Crippen LogP contribution in [-0.2, 0) is 9.47 Å². The molecule has 0 bridgehead atoms. The van der Waals surface area contributed by atoms with E-state index in [0.29, 0.717) is 13.2 Å². The van der Waals surface area contributed by atoms with Crippen LogP contribution in [0.2, 0.25) is 0 Å². The number of thioether (sulfide) groups is 1. The average Bonchev–Trinajstić information content (AvgIpc) is 2.71. The molecule has 0 aromatic carbocycles. The highest BCUT2D eigenvalue weighted by Gasteiger charge is 2.15. The second-order valence-electron chi connectivity index (χ2n) is 3.73. The molecule has 1 N–H and O–H groups in total. The van der Waals surface area contributed by atoms with E-state index in [4.69, 9.17) is 9.47 Å². The summed E-state index contributed by atoms with van der Waals surface area (Å²) in [4.78, 5) is 0. The minimum absolute atomic E-state index is 0.0749. The molecule has 1 fully saturated rings. The first-order chi connectivity index (χ1) is 7.36. The lowest BCUT2D eigenvalue weighted by atomic mass is 10.1. The third kappa shape index (κ3) is 5.76. The van der Waals surface area contributed by atoms with Gasteiger partial charge in [0.25, 0.3) is 0 Å². The fourth-order valence-electron chi connectivity index (χ4n) is 1.69. The maximum Gasteiger partial charge on any atom is 0.169 e. The molecular formula is C11H23NO2S. The van der Waals surface area contributed by atoms with E-state index in [2.05, 4.69) is 17.1 Å². The maximum atomic E-state index is 5.46. The zero-order valence-electron chi connectivity index (χ0n) is 9.83. The largest absolute Gasteiger partial charge is 0.352 e. The molecule has 1 rings (SSSR count). The van der Waals surface area contributed by atoms with Crippen molar-refractivity contribution < 1.29 is 9.47 Å². The lowest BCUT2D eigenvalue weighted by molar-refractivity contribution is -0.133. The first kappa shape index (κ1) is 13.3. The van der Waals surface area contributed by atoms with Gasteiger partial charge in [-0.2, -0.15) is 11.8 Å². The van der Waals surface area contributed by atoms with Crippen LogP contribution in [0.15, 0.2) is 0 Å². The standard InChI is InChI=1S/C11H23NO2S/c1-3-13-11(14-4-2)8-12-7-10-5-6-15-9-10/h10-12H,3-9H2,1-2H3. The molecule has 15 heavy (non-hydrogen) atoms. The minimum Gasteiger partial charge on any atom is -0.352 e. The summed E-state index contributed by atoms with van der Waals surface area (Å²) in [6, 6.07) is 0. The lowest BCUT2D eigenvalue weighted by Crippen LogP contribution is -2.34. The predicted octanol–water partition coefficient (Wildman–Crippen LogP) is 1.73. The highest BCUT2D eigenvalue weighted by molar-refractivity contribution is 7.99. The van der Waals surface area contributed by atoms with E-state index in [9.17, 15) is 0 Å². The summed E-state index contributed by atoms with van der Waals surface area (Å²) in [5.41, 5.74) is 0. The summed E-state index contributed by atoms with van der Waals surface area (Å²) in [6.45, 7) is 7.34. The van der Waals surface area contributed by atoms with Crippen LogP contribution in [0.1, 0.15) is 20.3 Å². The molecule has 0 radical (unpaired) electrons. The predicted molar refractivity (Wildman–Crippen MR) is 65.3 cm³/mol. The second-order valence-corrected chi connectivity index (χ2v) is 4.88. The van der Waals surface area contributed by atoms with Gasteiger partial charge in [-0.3, -0.25) is 0 Å². The van der Waals surface area contributed by atoms with Gasteiger partial charge in [0.05, 0.1) is 0 Å². The molecule has 0 aromatic heterocycles. The highest BCUT2D eigenvalue weighted by atomic mass is 32.2. The van der Waals surface area contributed by atoms with Gasteiger partial charge >= 0.3 is 0 Å². The van der Waals surface area contributed by atoms with E-state index in [1.54, 1.807) is 0 Å². The van der Waals surface area contributed by atoms with Crippen molar-refractivity contribution in [2.24, 2.45) is 5.92 Å². The molecule has 0 saturated carbocycles. The van der Waals surface area contributed by atoms with E-state index in [1.807, 2.05) is 13.8 Å². The molecular weight excluding hydrogens is 210 g/mol. The van der Waals surface area contributed by atoms with Crippen molar-refractivity contribution in [1.82, 2.24) is 5.32 Å². The molecule has 90 valence electrons. The van der Waals surface area contributed by atoms with Crippen molar-refractivity contribution in [3.63, 3.8) is 0 Å². The van der Waals surface area contributed by atoms with Crippen molar-refractivity contribution in [1.29, 1.82) is 0 Å². The van der Waals surface area contributed by atoms with Crippen LogP contribution >= 0.6 is 11.8 Å². The normalized spacial score (nSPS) is 21.4. The minimum atomic E-state index is -0.0749. The van der Waals surface area contributed by atoms with Crippen molar-refractivity contribution in [3.8, 4) is 0 Å². The quantitative estimate of drug-likeness (QED) is 0.647. The molecule has 0 aromatic rings. The topological polar surface area (TPSA) is 30.5 Å². The Morgan fingerprint density at radius 2 is 2.07 bits per heavy atom. The summed E-state index contributed by atoms with van der Waals surface area (Å²) in [5, 5.41) is 3.43. The van der Waals surface area contributed by atoms with Crippen LogP contribution < -0.4 is 5.32 Å². The Bertz CT molecular complexity index is 146. The van der Waals surface area contributed by atoms with Crippen LogP contribution in [0.5, 0.6) is 0 Å². The lowest BCUT2D eigenvalue weighted by Gasteiger charge is -2.18. The van der Waals surface area contributed by atoms with E-state index >= 15 is 0 Å². The Morgan fingerprint density at radius 3 is 2.60 bits per heavy atom. The SMILES string of the molecule is CCOC(CNCC1CCSC1)OCC. The van der Waals surface area contributed by atoms with Gasteiger partial charge in [0.2, 0.25) is 0 Å². The average molecular weight is 233 g/mol. The van der Waals surface area contributed by atoms with Gasteiger partial charge in [-0.25, -0.2) is 0 Å².